The summed E-state index contributed by atoms with van der Waals surface area (Å²) in [6.45, 7) is 11.5. The number of carbonyl (C=O) groups is 1. The van der Waals surface area contributed by atoms with Crippen molar-refractivity contribution in [2.45, 2.75) is 33.3 Å². The van der Waals surface area contributed by atoms with E-state index in [2.05, 4.69) is 22.2 Å². The smallest absolute Gasteiger partial charge is 0.412 e. The van der Waals surface area contributed by atoms with Crippen LogP contribution >= 0.6 is 0 Å². The Morgan fingerprint density at radius 1 is 1.22 bits per heavy atom. The second-order valence-electron chi connectivity index (χ2n) is 7.14. The van der Waals surface area contributed by atoms with Crippen molar-refractivity contribution in [3.63, 3.8) is 0 Å². The lowest BCUT2D eigenvalue weighted by molar-refractivity contribution is 0.0636. The number of benzene rings is 1. The van der Waals surface area contributed by atoms with Gasteiger partial charge in [-0.05, 0) is 52.4 Å². The molecule has 2 rings (SSSR count). The molecule has 1 heterocycles. The molecule has 1 aliphatic heterocycles. The first kappa shape index (κ1) is 17.4. The van der Waals surface area contributed by atoms with E-state index >= 15 is 0 Å². The molecule has 0 unspecified atom stereocenters. The van der Waals surface area contributed by atoms with E-state index in [0.717, 1.165) is 37.4 Å². The number of aryl methyl sites for hydroxylation is 1. The van der Waals surface area contributed by atoms with Crippen molar-refractivity contribution in [3.8, 4) is 0 Å². The molecule has 0 atom stereocenters. The molecule has 0 radical (unpaired) electrons. The summed E-state index contributed by atoms with van der Waals surface area (Å²) in [5.41, 5.74) is 8.88. The Morgan fingerprint density at radius 3 is 2.39 bits per heavy atom. The van der Waals surface area contributed by atoms with Gasteiger partial charge in [0.2, 0.25) is 0 Å². The summed E-state index contributed by atoms with van der Waals surface area (Å²) in [6, 6.07) is 3.85. The van der Waals surface area contributed by atoms with Gasteiger partial charge < -0.3 is 20.3 Å². The van der Waals surface area contributed by atoms with Crippen LogP contribution in [0, 0.1) is 6.92 Å². The highest BCUT2D eigenvalue weighted by Gasteiger charge is 2.20. The van der Waals surface area contributed by atoms with Gasteiger partial charge in [-0.1, -0.05) is 0 Å². The molecular weight excluding hydrogens is 292 g/mol. The molecule has 0 aliphatic carbocycles. The minimum Gasteiger partial charge on any atom is -0.444 e. The summed E-state index contributed by atoms with van der Waals surface area (Å²) in [4.78, 5) is 16.6. The average Bonchev–Trinajstić information content (AvgIpc) is 2.41. The van der Waals surface area contributed by atoms with Crippen molar-refractivity contribution < 1.29 is 9.53 Å². The van der Waals surface area contributed by atoms with Gasteiger partial charge in [0.25, 0.3) is 0 Å². The van der Waals surface area contributed by atoms with Gasteiger partial charge in [-0.2, -0.15) is 0 Å². The lowest BCUT2D eigenvalue weighted by Crippen LogP contribution is -2.44. The highest BCUT2D eigenvalue weighted by Crippen LogP contribution is 2.30. The molecule has 1 aromatic rings. The molecule has 0 bridgehead atoms. The molecular formula is C17H28N4O2. The first-order valence-corrected chi connectivity index (χ1v) is 7.99. The summed E-state index contributed by atoms with van der Waals surface area (Å²) in [5, 5.41) is 2.76. The highest BCUT2D eigenvalue weighted by molar-refractivity contribution is 5.91. The quantitative estimate of drug-likeness (QED) is 0.820. The molecule has 0 spiro atoms. The minimum atomic E-state index is -0.538. The number of nitrogen functional groups attached to an aromatic ring is 1. The fourth-order valence-electron chi connectivity index (χ4n) is 2.63. The summed E-state index contributed by atoms with van der Waals surface area (Å²) in [7, 11) is 2.13. The monoisotopic (exact) mass is 320 g/mol. The topological polar surface area (TPSA) is 70.8 Å². The number of nitrogens with two attached hydrogens (primary N) is 1. The molecule has 1 fully saturated rings. The van der Waals surface area contributed by atoms with Gasteiger partial charge >= 0.3 is 6.09 Å². The Kier molecular flexibility index (Phi) is 5.04. The SMILES string of the molecule is Cc1cc(N)c(NC(=O)OC(C)(C)C)cc1N1CCN(C)CC1. The van der Waals surface area contributed by atoms with E-state index < -0.39 is 11.7 Å². The first-order chi connectivity index (χ1) is 10.7. The normalized spacial score (nSPS) is 16.3. The van der Waals surface area contributed by atoms with Crippen LogP contribution < -0.4 is 16.0 Å². The van der Waals surface area contributed by atoms with E-state index in [-0.39, 0.29) is 0 Å². The number of hydrogen-bond donors (Lipinski definition) is 2. The summed E-state index contributed by atoms with van der Waals surface area (Å²) >= 11 is 0. The number of piperazine rings is 1. The van der Waals surface area contributed by atoms with E-state index in [1.165, 1.54) is 0 Å². The first-order valence-electron chi connectivity index (χ1n) is 7.99. The Balaban J connectivity index is 2.17. The van der Waals surface area contributed by atoms with Crippen molar-refractivity contribution in [3.05, 3.63) is 17.7 Å². The second kappa shape index (κ2) is 6.66. The number of nitrogens with one attached hydrogen (secondary N) is 1. The number of amides is 1. The summed E-state index contributed by atoms with van der Waals surface area (Å²) < 4.78 is 5.30. The molecule has 128 valence electrons. The van der Waals surface area contributed by atoms with Gasteiger partial charge in [-0.25, -0.2) is 4.79 Å². The molecule has 1 saturated heterocycles. The minimum absolute atomic E-state index is 0.489. The third-order valence-corrected chi connectivity index (χ3v) is 3.85. The third kappa shape index (κ3) is 4.76. The molecule has 23 heavy (non-hydrogen) atoms. The highest BCUT2D eigenvalue weighted by atomic mass is 16.6. The number of nitrogens with zero attached hydrogens (tertiary/aromatic N) is 2. The van der Waals surface area contributed by atoms with Crippen LogP contribution in [0.3, 0.4) is 0 Å². The van der Waals surface area contributed by atoms with Crippen LogP contribution in [-0.4, -0.2) is 49.8 Å². The predicted octanol–water partition coefficient (Wildman–Crippen LogP) is 2.68. The van der Waals surface area contributed by atoms with Gasteiger partial charge in [-0.3, -0.25) is 5.32 Å². The van der Waals surface area contributed by atoms with Crippen LogP contribution in [-0.2, 0) is 4.74 Å². The van der Waals surface area contributed by atoms with E-state index in [9.17, 15) is 4.79 Å². The van der Waals surface area contributed by atoms with Crippen molar-refractivity contribution >= 4 is 23.2 Å². The van der Waals surface area contributed by atoms with Crippen LogP contribution in [0.25, 0.3) is 0 Å². The van der Waals surface area contributed by atoms with Crippen molar-refractivity contribution in [2.75, 3.05) is 49.2 Å². The third-order valence-electron chi connectivity index (χ3n) is 3.85. The standard InChI is InChI=1S/C17H28N4O2/c1-12-10-13(18)14(19-16(22)23-17(2,3)4)11-15(12)21-8-6-20(5)7-9-21/h10-11H,6-9,18H2,1-5H3,(H,19,22). The molecule has 6 nitrogen and oxygen atoms in total. The molecule has 1 aromatic carbocycles. The molecule has 1 amide bonds. The maximum atomic E-state index is 12.0. The zero-order chi connectivity index (χ0) is 17.2. The fraction of sp³-hybridized carbons (Fsp3) is 0.588. The van der Waals surface area contributed by atoms with Gasteiger partial charge in [0, 0.05) is 31.9 Å². The van der Waals surface area contributed by atoms with Crippen molar-refractivity contribution in [2.24, 2.45) is 0 Å². The van der Waals surface area contributed by atoms with Crippen LogP contribution in [0.4, 0.5) is 21.9 Å². The number of rotatable bonds is 2. The lowest BCUT2D eigenvalue weighted by Gasteiger charge is -2.35. The van der Waals surface area contributed by atoms with Gasteiger partial charge in [0.05, 0.1) is 11.4 Å². The number of likely N-dealkylation sites (N-methyl/N-ethyl adjacent to an activating group) is 1. The van der Waals surface area contributed by atoms with E-state index in [1.807, 2.05) is 39.8 Å². The maximum absolute atomic E-state index is 12.0. The van der Waals surface area contributed by atoms with E-state index in [1.54, 1.807) is 0 Å². The number of anilines is 3. The maximum Gasteiger partial charge on any atom is 0.412 e. The molecule has 0 saturated carbocycles. The van der Waals surface area contributed by atoms with Crippen LogP contribution in [0.5, 0.6) is 0 Å². The number of hydrogen-bond acceptors (Lipinski definition) is 5. The lowest BCUT2D eigenvalue weighted by atomic mass is 10.1. The Labute approximate surface area is 138 Å². The molecule has 1 aliphatic rings. The molecule has 0 aromatic heterocycles. The number of ether oxygens (including phenoxy) is 1. The molecule has 6 heteroatoms. The van der Waals surface area contributed by atoms with E-state index in [0.29, 0.717) is 11.4 Å². The number of carbonyl (C=O) groups excluding carboxylic acids is 1. The zero-order valence-electron chi connectivity index (χ0n) is 14.8. The molecule has 3 N–H and O–H groups in total. The predicted molar refractivity (Wildman–Crippen MR) is 95.2 cm³/mol. The largest absolute Gasteiger partial charge is 0.444 e. The van der Waals surface area contributed by atoms with Crippen LogP contribution in [0.1, 0.15) is 26.3 Å². The second-order valence-corrected chi connectivity index (χ2v) is 7.14. The van der Waals surface area contributed by atoms with E-state index in [4.69, 9.17) is 10.5 Å². The Bertz CT molecular complexity index is 573. The van der Waals surface area contributed by atoms with Gasteiger partial charge in [-0.15, -0.1) is 0 Å². The van der Waals surface area contributed by atoms with Crippen molar-refractivity contribution in [1.82, 2.24) is 4.90 Å². The Morgan fingerprint density at radius 2 is 1.83 bits per heavy atom. The van der Waals surface area contributed by atoms with Crippen molar-refractivity contribution in [1.29, 1.82) is 0 Å². The Hall–Kier alpha value is -1.95. The average molecular weight is 320 g/mol. The summed E-state index contributed by atoms with van der Waals surface area (Å²) in [5.74, 6) is 0. The van der Waals surface area contributed by atoms with Crippen LogP contribution in [0.2, 0.25) is 0 Å². The zero-order valence-corrected chi connectivity index (χ0v) is 14.8. The summed E-state index contributed by atoms with van der Waals surface area (Å²) in [6.07, 6.45) is -0.489. The van der Waals surface area contributed by atoms with Crippen LogP contribution in [0.15, 0.2) is 12.1 Å². The van der Waals surface area contributed by atoms with Gasteiger partial charge in [0.1, 0.15) is 5.60 Å². The van der Waals surface area contributed by atoms with Gasteiger partial charge in [0.15, 0.2) is 0 Å². The fourth-order valence-corrected chi connectivity index (χ4v) is 2.63.